The first-order valence-electron chi connectivity index (χ1n) is 5.32. The molecule has 0 amide bonds. The zero-order valence-electron chi connectivity index (χ0n) is 9.58. The number of hydrogen-bond donors (Lipinski definition) is 1. The summed E-state index contributed by atoms with van der Waals surface area (Å²) in [5.41, 5.74) is 2.07. The quantitative estimate of drug-likeness (QED) is 0.822. The predicted octanol–water partition coefficient (Wildman–Crippen LogP) is 3.04. The molecule has 1 N–H and O–H groups in total. The number of carbonyl (C=O) groups is 1. The maximum atomic E-state index is 10.9. The Morgan fingerprint density at radius 2 is 2.07 bits per heavy atom. The van der Waals surface area contributed by atoms with Crippen molar-refractivity contribution in [2.45, 2.75) is 39.5 Å². The first-order valence-corrected chi connectivity index (χ1v) is 5.32. The highest BCUT2D eigenvalue weighted by Crippen LogP contribution is 2.24. The average molecular weight is 206 g/mol. The van der Waals surface area contributed by atoms with Gasteiger partial charge in [-0.1, -0.05) is 26.0 Å². The van der Waals surface area contributed by atoms with E-state index in [0.29, 0.717) is 24.5 Å². The van der Waals surface area contributed by atoms with Crippen LogP contribution in [0.4, 0.5) is 0 Å². The van der Waals surface area contributed by atoms with Crippen molar-refractivity contribution in [3.63, 3.8) is 0 Å². The summed E-state index contributed by atoms with van der Waals surface area (Å²) in [6.07, 6.45) is 1.12. The molecule has 0 saturated carbocycles. The molecule has 0 aliphatic carbocycles. The monoisotopic (exact) mass is 206 g/mol. The molecule has 82 valence electrons. The van der Waals surface area contributed by atoms with Crippen LogP contribution in [0, 0.1) is 0 Å². The van der Waals surface area contributed by atoms with Gasteiger partial charge >= 0.3 is 0 Å². The lowest BCUT2D eigenvalue weighted by Crippen LogP contribution is -1.96. The molecule has 0 aromatic heterocycles. The molecular weight excluding hydrogens is 188 g/mol. The number of carbonyl (C=O) groups excluding carboxylic acids is 1. The van der Waals surface area contributed by atoms with Crippen molar-refractivity contribution in [2.75, 3.05) is 0 Å². The highest BCUT2D eigenvalue weighted by Gasteiger charge is 2.06. The summed E-state index contributed by atoms with van der Waals surface area (Å²) in [6.45, 7) is 5.80. The van der Waals surface area contributed by atoms with Crippen molar-refractivity contribution in [3.8, 4) is 5.75 Å². The van der Waals surface area contributed by atoms with E-state index in [-0.39, 0.29) is 5.78 Å². The Bertz CT molecular complexity index is 354. The van der Waals surface area contributed by atoms with Gasteiger partial charge in [-0.05, 0) is 36.5 Å². The smallest absolute Gasteiger partial charge is 0.130 e. The van der Waals surface area contributed by atoms with E-state index in [4.69, 9.17) is 0 Å². The normalized spacial score (nSPS) is 10.7. The minimum atomic E-state index is 0.157. The van der Waals surface area contributed by atoms with E-state index in [2.05, 4.69) is 13.8 Å². The third-order valence-corrected chi connectivity index (χ3v) is 2.52. The van der Waals surface area contributed by atoms with Gasteiger partial charge in [-0.25, -0.2) is 0 Å². The fourth-order valence-corrected chi connectivity index (χ4v) is 1.48. The van der Waals surface area contributed by atoms with Gasteiger partial charge in [0, 0.05) is 6.42 Å². The summed E-state index contributed by atoms with van der Waals surface area (Å²) in [7, 11) is 0. The van der Waals surface area contributed by atoms with Gasteiger partial charge in [-0.3, -0.25) is 0 Å². The fraction of sp³-hybridized carbons (Fsp3) is 0.462. The maximum Gasteiger partial charge on any atom is 0.130 e. The van der Waals surface area contributed by atoms with Crippen molar-refractivity contribution in [2.24, 2.45) is 0 Å². The van der Waals surface area contributed by atoms with Crippen molar-refractivity contribution in [1.29, 1.82) is 0 Å². The summed E-state index contributed by atoms with van der Waals surface area (Å²) >= 11 is 0. The molecule has 0 fully saturated rings. The van der Waals surface area contributed by atoms with Gasteiger partial charge in [0.25, 0.3) is 0 Å². The van der Waals surface area contributed by atoms with Gasteiger partial charge < -0.3 is 9.90 Å². The van der Waals surface area contributed by atoms with Gasteiger partial charge in [0.15, 0.2) is 0 Å². The molecule has 0 saturated heterocycles. The van der Waals surface area contributed by atoms with Gasteiger partial charge in [0.2, 0.25) is 0 Å². The van der Waals surface area contributed by atoms with Crippen LogP contribution in [0.5, 0.6) is 5.75 Å². The molecule has 2 heteroatoms. The number of rotatable bonds is 4. The molecule has 0 atom stereocenters. The Kier molecular flexibility index (Phi) is 3.89. The van der Waals surface area contributed by atoms with Gasteiger partial charge in [0.05, 0.1) is 0 Å². The Labute approximate surface area is 90.9 Å². The van der Waals surface area contributed by atoms with Crippen LogP contribution in [0.2, 0.25) is 0 Å². The first-order chi connectivity index (χ1) is 7.00. The largest absolute Gasteiger partial charge is 0.508 e. The van der Waals surface area contributed by atoms with Crippen molar-refractivity contribution in [3.05, 3.63) is 29.3 Å². The molecule has 15 heavy (non-hydrogen) atoms. The molecule has 1 aromatic carbocycles. The molecule has 1 aromatic rings. The number of phenols is 1. The zero-order chi connectivity index (χ0) is 11.4. The van der Waals surface area contributed by atoms with Crippen LogP contribution in [0.15, 0.2) is 18.2 Å². The zero-order valence-corrected chi connectivity index (χ0v) is 9.58. The van der Waals surface area contributed by atoms with Gasteiger partial charge in [-0.15, -0.1) is 0 Å². The molecule has 0 aliphatic rings. The van der Waals surface area contributed by atoms with E-state index in [1.165, 1.54) is 5.56 Å². The molecule has 0 bridgehead atoms. The third kappa shape index (κ3) is 3.39. The molecule has 2 nitrogen and oxygen atoms in total. The minimum absolute atomic E-state index is 0.157. The van der Waals surface area contributed by atoms with E-state index < -0.39 is 0 Å². The van der Waals surface area contributed by atoms with Crippen molar-refractivity contribution in [1.82, 2.24) is 0 Å². The number of phenolic OH excluding ortho intramolecular Hbond substituents is 1. The first kappa shape index (κ1) is 11.8. The second kappa shape index (κ2) is 4.96. The second-order valence-electron chi connectivity index (χ2n) is 4.24. The molecule has 0 radical (unpaired) electrons. The van der Waals surface area contributed by atoms with Crippen LogP contribution < -0.4 is 0 Å². The van der Waals surface area contributed by atoms with Crippen molar-refractivity contribution < 1.29 is 9.90 Å². The second-order valence-corrected chi connectivity index (χ2v) is 4.24. The number of ketones is 1. The number of Topliss-reactive ketones (excluding diaryl/α,β-unsaturated/α-hetero) is 1. The van der Waals surface area contributed by atoms with E-state index >= 15 is 0 Å². The van der Waals surface area contributed by atoms with Gasteiger partial charge in [0.1, 0.15) is 11.5 Å². The highest BCUT2D eigenvalue weighted by molar-refractivity contribution is 5.75. The fourth-order valence-electron chi connectivity index (χ4n) is 1.48. The Morgan fingerprint density at radius 3 is 2.60 bits per heavy atom. The third-order valence-electron chi connectivity index (χ3n) is 2.52. The standard InChI is InChI=1S/C13H18O2/c1-9(2)11-6-7-13(15)12(8-11)5-4-10(3)14/h6-9,15H,4-5H2,1-3H3. The average Bonchev–Trinajstić information content (AvgIpc) is 2.16. The maximum absolute atomic E-state index is 10.9. The molecule has 0 spiro atoms. The molecule has 0 unspecified atom stereocenters. The summed E-state index contributed by atoms with van der Waals surface area (Å²) in [5.74, 6) is 0.895. The number of benzene rings is 1. The number of aromatic hydroxyl groups is 1. The van der Waals surface area contributed by atoms with E-state index in [1.807, 2.05) is 12.1 Å². The van der Waals surface area contributed by atoms with Crippen LogP contribution in [-0.4, -0.2) is 10.9 Å². The van der Waals surface area contributed by atoms with Crippen LogP contribution in [0.1, 0.15) is 44.2 Å². The Hall–Kier alpha value is -1.31. The van der Waals surface area contributed by atoms with Crippen LogP contribution >= 0.6 is 0 Å². The number of hydrogen-bond acceptors (Lipinski definition) is 2. The van der Waals surface area contributed by atoms with Crippen molar-refractivity contribution >= 4 is 5.78 Å². The van der Waals surface area contributed by atoms with Crippen LogP contribution in [0.25, 0.3) is 0 Å². The van der Waals surface area contributed by atoms with Crippen LogP contribution in [-0.2, 0) is 11.2 Å². The highest BCUT2D eigenvalue weighted by atomic mass is 16.3. The molecule has 0 heterocycles. The Balaban J connectivity index is 2.85. The van der Waals surface area contributed by atoms with E-state index in [1.54, 1.807) is 13.0 Å². The lowest BCUT2D eigenvalue weighted by atomic mass is 9.98. The molecule has 1 rings (SSSR count). The summed E-state index contributed by atoms with van der Waals surface area (Å²) in [5, 5.41) is 9.62. The van der Waals surface area contributed by atoms with E-state index in [9.17, 15) is 9.90 Å². The number of aryl methyl sites for hydroxylation is 1. The van der Waals surface area contributed by atoms with Gasteiger partial charge in [-0.2, -0.15) is 0 Å². The summed E-state index contributed by atoms with van der Waals surface area (Å²) in [6, 6.07) is 5.63. The lowest BCUT2D eigenvalue weighted by Gasteiger charge is -2.09. The molecule has 0 aliphatic heterocycles. The van der Waals surface area contributed by atoms with Crippen LogP contribution in [0.3, 0.4) is 0 Å². The summed E-state index contributed by atoms with van der Waals surface area (Å²) in [4.78, 5) is 10.9. The Morgan fingerprint density at radius 1 is 1.40 bits per heavy atom. The SMILES string of the molecule is CC(=O)CCc1cc(C(C)C)ccc1O. The summed E-state index contributed by atoms with van der Waals surface area (Å²) < 4.78 is 0. The minimum Gasteiger partial charge on any atom is -0.508 e. The molecular formula is C13H18O2. The lowest BCUT2D eigenvalue weighted by molar-refractivity contribution is -0.116. The van der Waals surface area contributed by atoms with E-state index in [0.717, 1.165) is 5.56 Å². The predicted molar refractivity (Wildman–Crippen MR) is 61.2 cm³/mol. The topological polar surface area (TPSA) is 37.3 Å².